The molecule has 0 bridgehead atoms. The van der Waals surface area contributed by atoms with Crippen molar-refractivity contribution in [2.75, 3.05) is 20.1 Å². The average Bonchev–Trinajstić information content (AvgIpc) is 2.91. The maximum Gasteiger partial charge on any atom is 0.0702 e. The van der Waals surface area contributed by atoms with Crippen molar-refractivity contribution in [1.82, 2.24) is 4.90 Å². The summed E-state index contributed by atoms with van der Waals surface area (Å²) in [6.45, 7) is 1.90. The standard InChI is InChI=1S/C13H21BrN2S/c1-16(9-10-4-2-3-5-10)11(8-15)12-6-7-13(14)17-12/h6-7,10-11H,2-5,8-9,15H2,1H3. The Bertz CT molecular complexity index is 347. The van der Waals surface area contributed by atoms with Crippen LogP contribution in [0.2, 0.25) is 0 Å². The Hall–Kier alpha value is 0.1000. The Morgan fingerprint density at radius 1 is 1.47 bits per heavy atom. The maximum absolute atomic E-state index is 5.94. The van der Waals surface area contributed by atoms with Crippen LogP contribution in [0.25, 0.3) is 0 Å². The third kappa shape index (κ3) is 3.53. The van der Waals surface area contributed by atoms with Crippen LogP contribution < -0.4 is 5.73 Å². The molecule has 1 heterocycles. The highest BCUT2D eigenvalue weighted by atomic mass is 79.9. The SMILES string of the molecule is CN(CC1CCCC1)C(CN)c1ccc(Br)s1. The van der Waals surface area contributed by atoms with Crippen LogP contribution in [0.5, 0.6) is 0 Å². The first kappa shape index (κ1) is 13.5. The summed E-state index contributed by atoms with van der Waals surface area (Å²) in [6.07, 6.45) is 5.62. The molecule has 17 heavy (non-hydrogen) atoms. The predicted octanol–water partition coefficient (Wildman–Crippen LogP) is 3.63. The van der Waals surface area contributed by atoms with E-state index in [-0.39, 0.29) is 0 Å². The monoisotopic (exact) mass is 316 g/mol. The van der Waals surface area contributed by atoms with E-state index in [0.29, 0.717) is 12.6 Å². The lowest BCUT2D eigenvalue weighted by molar-refractivity contribution is 0.215. The normalized spacial score (nSPS) is 19.1. The Morgan fingerprint density at radius 2 is 2.18 bits per heavy atom. The summed E-state index contributed by atoms with van der Waals surface area (Å²) < 4.78 is 1.19. The molecule has 96 valence electrons. The first-order valence-corrected chi connectivity index (χ1v) is 7.97. The minimum Gasteiger partial charge on any atom is -0.329 e. The lowest BCUT2D eigenvalue weighted by Crippen LogP contribution is -2.33. The number of halogens is 1. The van der Waals surface area contributed by atoms with Crippen LogP contribution in [0.1, 0.15) is 36.6 Å². The minimum atomic E-state index is 0.381. The highest BCUT2D eigenvalue weighted by Gasteiger charge is 2.22. The van der Waals surface area contributed by atoms with Crippen molar-refractivity contribution in [3.05, 3.63) is 20.8 Å². The van der Waals surface area contributed by atoms with Gasteiger partial charge in [-0.05, 0) is 53.9 Å². The molecule has 0 aromatic carbocycles. The van der Waals surface area contributed by atoms with E-state index in [0.717, 1.165) is 5.92 Å². The van der Waals surface area contributed by atoms with E-state index in [2.05, 4.69) is 40.0 Å². The summed E-state index contributed by atoms with van der Waals surface area (Å²) in [5.41, 5.74) is 5.94. The molecule has 1 aliphatic carbocycles. The molecular formula is C13H21BrN2S. The number of nitrogens with two attached hydrogens (primary N) is 1. The van der Waals surface area contributed by atoms with Crippen molar-refractivity contribution in [2.24, 2.45) is 11.7 Å². The largest absolute Gasteiger partial charge is 0.329 e. The van der Waals surface area contributed by atoms with Crippen LogP contribution in [0.4, 0.5) is 0 Å². The van der Waals surface area contributed by atoms with Gasteiger partial charge in [0.15, 0.2) is 0 Å². The van der Waals surface area contributed by atoms with Crippen LogP contribution in [0.15, 0.2) is 15.9 Å². The Labute approximate surface area is 116 Å². The fraction of sp³-hybridized carbons (Fsp3) is 0.692. The smallest absolute Gasteiger partial charge is 0.0702 e. The van der Waals surface area contributed by atoms with Gasteiger partial charge in [-0.3, -0.25) is 4.90 Å². The molecule has 4 heteroatoms. The van der Waals surface area contributed by atoms with Gasteiger partial charge in [0.1, 0.15) is 0 Å². The summed E-state index contributed by atoms with van der Waals surface area (Å²) in [7, 11) is 2.21. The molecule has 0 radical (unpaired) electrons. The maximum atomic E-state index is 5.94. The van der Waals surface area contributed by atoms with Crippen molar-refractivity contribution < 1.29 is 0 Å². The Balaban J connectivity index is 1.97. The second-order valence-corrected chi connectivity index (χ2v) is 7.48. The van der Waals surface area contributed by atoms with Crippen LogP contribution >= 0.6 is 27.3 Å². The third-order valence-corrected chi connectivity index (χ3v) is 5.42. The molecule has 1 aliphatic rings. The number of thiophene rings is 1. The molecule has 1 fully saturated rings. The van der Waals surface area contributed by atoms with Crippen molar-refractivity contribution in [1.29, 1.82) is 0 Å². The first-order valence-electron chi connectivity index (χ1n) is 6.36. The van der Waals surface area contributed by atoms with E-state index in [1.807, 2.05) is 0 Å². The van der Waals surface area contributed by atoms with Crippen LogP contribution in [0, 0.1) is 5.92 Å². The lowest BCUT2D eigenvalue weighted by Gasteiger charge is -2.28. The predicted molar refractivity (Wildman–Crippen MR) is 78.4 cm³/mol. The highest BCUT2D eigenvalue weighted by molar-refractivity contribution is 9.11. The summed E-state index contributed by atoms with van der Waals surface area (Å²) in [6, 6.07) is 4.69. The van der Waals surface area contributed by atoms with E-state index in [1.165, 1.54) is 40.9 Å². The van der Waals surface area contributed by atoms with Crippen LogP contribution in [0.3, 0.4) is 0 Å². The number of hydrogen-bond acceptors (Lipinski definition) is 3. The second kappa shape index (κ2) is 6.32. The molecule has 1 atom stereocenters. The topological polar surface area (TPSA) is 29.3 Å². The molecule has 0 amide bonds. The zero-order chi connectivity index (χ0) is 12.3. The van der Waals surface area contributed by atoms with Crippen molar-refractivity contribution in [3.8, 4) is 0 Å². The zero-order valence-corrected chi connectivity index (χ0v) is 12.8. The van der Waals surface area contributed by atoms with E-state index >= 15 is 0 Å². The molecule has 1 aromatic rings. The minimum absolute atomic E-state index is 0.381. The van der Waals surface area contributed by atoms with Gasteiger partial charge in [-0.25, -0.2) is 0 Å². The molecule has 1 unspecified atom stereocenters. The molecule has 2 rings (SSSR count). The van der Waals surface area contributed by atoms with E-state index < -0.39 is 0 Å². The van der Waals surface area contributed by atoms with Gasteiger partial charge >= 0.3 is 0 Å². The average molecular weight is 317 g/mol. The number of rotatable bonds is 5. The molecular weight excluding hydrogens is 296 g/mol. The number of nitrogens with zero attached hydrogens (tertiary/aromatic N) is 1. The molecule has 0 spiro atoms. The first-order chi connectivity index (χ1) is 8.20. The van der Waals surface area contributed by atoms with Gasteiger partial charge in [-0.2, -0.15) is 0 Å². The van der Waals surface area contributed by atoms with Gasteiger partial charge < -0.3 is 5.73 Å². The van der Waals surface area contributed by atoms with E-state index in [9.17, 15) is 0 Å². The summed E-state index contributed by atoms with van der Waals surface area (Å²) in [5, 5.41) is 0. The fourth-order valence-corrected chi connectivity index (χ4v) is 4.35. The fourth-order valence-electron chi connectivity index (χ4n) is 2.75. The van der Waals surface area contributed by atoms with Gasteiger partial charge in [0, 0.05) is 18.0 Å². The van der Waals surface area contributed by atoms with E-state index in [4.69, 9.17) is 5.73 Å². The van der Waals surface area contributed by atoms with Crippen LogP contribution in [-0.2, 0) is 0 Å². The molecule has 2 nitrogen and oxygen atoms in total. The van der Waals surface area contributed by atoms with Crippen molar-refractivity contribution in [3.63, 3.8) is 0 Å². The van der Waals surface area contributed by atoms with Crippen LogP contribution in [-0.4, -0.2) is 25.0 Å². The summed E-state index contributed by atoms with van der Waals surface area (Å²) >= 11 is 5.33. The zero-order valence-electron chi connectivity index (χ0n) is 10.4. The second-order valence-electron chi connectivity index (χ2n) is 4.98. The summed E-state index contributed by atoms with van der Waals surface area (Å²) in [4.78, 5) is 3.81. The molecule has 2 N–H and O–H groups in total. The molecule has 0 aliphatic heterocycles. The van der Waals surface area contributed by atoms with Gasteiger partial charge in [-0.1, -0.05) is 12.8 Å². The van der Waals surface area contributed by atoms with Crippen molar-refractivity contribution in [2.45, 2.75) is 31.7 Å². The molecule has 1 saturated carbocycles. The van der Waals surface area contributed by atoms with E-state index in [1.54, 1.807) is 11.3 Å². The number of hydrogen-bond donors (Lipinski definition) is 1. The molecule has 1 aromatic heterocycles. The summed E-state index contributed by atoms with van der Waals surface area (Å²) in [5.74, 6) is 0.887. The van der Waals surface area contributed by atoms with Gasteiger partial charge in [-0.15, -0.1) is 11.3 Å². The lowest BCUT2D eigenvalue weighted by atomic mass is 10.1. The Morgan fingerprint density at radius 3 is 2.71 bits per heavy atom. The van der Waals surface area contributed by atoms with Gasteiger partial charge in [0.2, 0.25) is 0 Å². The van der Waals surface area contributed by atoms with Crippen molar-refractivity contribution >= 4 is 27.3 Å². The Kier molecular flexibility index (Phi) is 5.03. The quantitative estimate of drug-likeness (QED) is 0.898. The highest BCUT2D eigenvalue weighted by Crippen LogP contribution is 2.32. The van der Waals surface area contributed by atoms with Gasteiger partial charge in [0.05, 0.1) is 9.83 Å². The molecule has 0 saturated heterocycles. The third-order valence-electron chi connectivity index (χ3n) is 3.70. The number of likely N-dealkylation sites (N-methyl/N-ethyl adjacent to an activating group) is 1. The van der Waals surface area contributed by atoms with Gasteiger partial charge in [0.25, 0.3) is 0 Å².